The highest BCUT2D eigenvalue weighted by atomic mass is 16.6. The monoisotopic (exact) mass is 243 g/mol. The number of amides is 1. The molecule has 0 N–H and O–H groups in total. The van der Waals surface area contributed by atoms with Gasteiger partial charge >= 0.3 is 12.2 Å². The van der Waals surface area contributed by atoms with Gasteiger partial charge in [-0.1, -0.05) is 13.3 Å². The fourth-order valence-corrected chi connectivity index (χ4v) is 1.66. The van der Waals surface area contributed by atoms with Gasteiger partial charge in [-0.15, -0.1) is 0 Å². The third-order valence-corrected chi connectivity index (χ3v) is 2.51. The highest BCUT2D eigenvalue weighted by Crippen LogP contribution is 2.21. The Kier molecular flexibility index (Phi) is 6.51. The first-order valence-electron chi connectivity index (χ1n) is 5.81. The molecule has 1 atom stereocenters. The lowest BCUT2D eigenvalue weighted by Crippen LogP contribution is -2.35. The van der Waals surface area contributed by atoms with E-state index in [1.54, 1.807) is 0 Å². The van der Waals surface area contributed by atoms with E-state index in [-0.39, 0.29) is 17.8 Å². The first-order valence-corrected chi connectivity index (χ1v) is 5.81. The van der Waals surface area contributed by atoms with Crippen LogP contribution in [-0.2, 0) is 14.3 Å². The maximum atomic E-state index is 11.6. The zero-order chi connectivity index (χ0) is 13.5. The largest absolute Gasteiger partial charge is 0.444 e. The molecule has 5 heteroatoms. The normalized spacial score (nSPS) is 19.1. The quantitative estimate of drug-likeness (QED) is 0.707. The number of rotatable bonds is 1. The van der Waals surface area contributed by atoms with Crippen LogP contribution in [0.2, 0.25) is 0 Å². The number of carbonyl (C=O) groups excluding carboxylic acids is 3. The van der Waals surface area contributed by atoms with E-state index in [4.69, 9.17) is 14.3 Å². The van der Waals surface area contributed by atoms with Gasteiger partial charge in [-0.05, 0) is 33.1 Å². The second-order valence-electron chi connectivity index (χ2n) is 5.07. The Labute approximate surface area is 102 Å². The van der Waals surface area contributed by atoms with Crippen molar-refractivity contribution < 1.29 is 19.1 Å². The van der Waals surface area contributed by atoms with Crippen molar-refractivity contribution in [2.45, 2.75) is 46.1 Å². The molecular weight excluding hydrogens is 222 g/mol. The number of hydrogen-bond donors (Lipinski definition) is 0. The number of carbonyl (C=O) groups is 1. The lowest BCUT2D eigenvalue weighted by atomic mass is 10.1. The van der Waals surface area contributed by atoms with Crippen molar-refractivity contribution in [1.29, 1.82) is 0 Å². The third-order valence-electron chi connectivity index (χ3n) is 2.51. The molecule has 0 saturated carbocycles. The smallest absolute Gasteiger partial charge is 0.410 e. The van der Waals surface area contributed by atoms with Crippen LogP contribution >= 0.6 is 0 Å². The van der Waals surface area contributed by atoms with Gasteiger partial charge in [0.25, 0.3) is 0 Å². The van der Waals surface area contributed by atoms with Gasteiger partial charge in [-0.3, -0.25) is 0 Å². The SMILES string of the molecule is CC[C@H]1CCN(C(=O)OC(C)(C)C)C1.O=C=O. The van der Waals surface area contributed by atoms with Crippen LogP contribution in [0.5, 0.6) is 0 Å². The van der Waals surface area contributed by atoms with Crippen molar-refractivity contribution in [2.75, 3.05) is 13.1 Å². The molecule has 1 fully saturated rings. The summed E-state index contributed by atoms with van der Waals surface area (Å²) in [4.78, 5) is 29.7. The van der Waals surface area contributed by atoms with Crippen molar-refractivity contribution in [3.8, 4) is 0 Å². The van der Waals surface area contributed by atoms with Crippen LogP contribution in [0.4, 0.5) is 4.79 Å². The minimum absolute atomic E-state index is 0.159. The molecule has 1 heterocycles. The highest BCUT2D eigenvalue weighted by Gasteiger charge is 2.28. The van der Waals surface area contributed by atoms with Crippen LogP contribution in [0.3, 0.4) is 0 Å². The summed E-state index contributed by atoms with van der Waals surface area (Å²) in [6.45, 7) is 9.59. The summed E-state index contributed by atoms with van der Waals surface area (Å²) in [7, 11) is 0. The van der Waals surface area contributed by atoms with Crippen LogP contribution in [0.15, 0.2) is 0 Å². The molecule has 0 unspecified atom stereocenters. The Bertz CT molecular complexity index is 277. The standard InChI is InChI=1S/C11H21NO2.CO2/c1-5-9-6-7-12(8-9)10(13)14-11(2,3)4;2-1-3/h9H,5-8H2,1-4H3;/t9-;/m0./s1. The van der Waals surface area contributed by atoms with Crippen molar-refractivity contribution in [2.24, 2.45) is 5.92 Å². The van der Waals surface area contributed by atoms with E-state index in [1.807, 2.05) is 25.7 Å². The predicted molar refractivity (Wildman–Crippen MR) is 61.2 cm³/mol. The van der Waals surface area contributed by atoms with Crippen LogP contribution in [-0.4, -0.2) is 35.8 Å². The van der Waals surface area contributed by atoms with E-state index in [9.17, 15) is 4.79 Å². The van der Waals surface area contributed by atoms with E-state index in [2.05, 4.69) is 6.92 Å². The van der Waals surface area contributed by atoms with Gasteiger partial charge in [-0.25, -0.2) is 4.79 Å². The fourth-order valence-electron chi connectivity index (χ4n) is 1.66. The Morgan fingerprint density at radius 2 is 1.94 bits per heavy atom. The Hall–Kier alpha value is -1.35. The molecule has 1 rings (SSSR count). The maximum absolute atomic E-state index is 11.6. The van der Waals surface area contributed by atoms with Gasteiger partial charge in [0.05, 0.1) is 0 Å². The van der Waals surface area contributed by atoms with Gasteiger partial charge in [0.15, 0.2) is 0 Å². The third kappa shape index (κ3) is 6.74. The Morgan fingerprint density at radius 1 is 1.41 bits per heavy atom. The number of ether oxygens (including phenoxy) is 1. The average Bonchev–Trinajstić information content (AvgIpc) is 2.64. The zero-order valence-electron chi connectivity index (χ0n) is 11.0. The summed E-state index contributed by atoms with van der Waals surface area (Å²) in [6, 6.07) is 0. The summed E-state index contributed by atoms with van der Waals surface area (Å²) in [6.07, 6.45) is 2.36. The Balaban J connectivity index is 0.000000770. The molecule has 0 aromatic heterocycles. The van der Waals surface area contributed by atoms with Crippen molar-refractivity contribution >= 4 is 12.2 Å². The molecular formula is C12H21NO4. The molecule has 1 amide bonds. The summed E-state index contributed by atoms with van der Waals surface area (Å²) < 4.78 is 5.30. The molecule has 5 nitrogen and oxygen atoms in total. The molecule has 0 spiro atoms. The molecule has 0 bridgehead atoms. The number of nitrogens with zero attached hydrogens (tertiary/aromatic N) is 1. The van der Waals surface area contributed by atoms with Gasteiger partial charge in [0.2, 0.25) is 0 Å². The second-order valence-corrected chi connectivity index (χ2v) is 5.07. The fraction of sp³-hybridized carbons (Fsp3) is 0.833. The van der Waals surface area contributed by atoms with Crippen LogP contribution in [0.1, 0.15) is 40.5 Å². The maximum Gasteiger partial charge on any atom is 0.410 e. The van der Waals surface area contributed by atoms with Crippen LogP contribution in [0.25, 0.3) is 0 Å². The van der Waals surface area contributed by atoms with E-state index >= 15 is 0 Å². The molecule has 1 aliphatic heterocycles. The van der Waals surface area contributed by atoms with Crippen molar-refractivity contribution in [3.05, 3.63) is 0 Å². The molecule has 17 heavy (non-hydrogen) atoms. The minimum atomic E-state index is -0.374. The van der Waals surface area contributed by atoms with Gasteiger partial charge in [-0.2, -0.15) is 9.59 Å². The molecule has 1 aliphatic rings. The van der Waals surface area contributed by atoms with Crippen LogP contribution in [0, 0.1) is 5.92 Å². The zero-order valence-corrected chi connectivity index (χ0v) is 11.0. The summed E-state index contributed by atoms with van der Waals surface area (Å²) in [5.41, 5.74) is -0.374. The summed E-state index contributed by atoms with van der Waals surface area (Å²) >= 11 is 0. The Morgan fingerprint density at radius 3 is 2.29 bits per heavy atom. The van der Waals surface area contributed by atoms with E-state index < -0.39 is 0 Å². The predicted octanol–water partition coefficient (Wildman–Crippen LogP) is 2.07. The summed E-state index contributed by atoms with van der Waals surface area (Å²) in [5, 5.41) is 0. The van der Waals surface area contributed by atoms with Gasteiger partial charge in [0, 0.05) is 13.1 Å². The highest BCUT2D eigenvalue weighted by molar-refractivity contribution is 5.68. The van der Waals surface area contributed by atoms with Gasteiger partial charge in [0.1, 0.15) is 5.60 Å². The number of hydrogen-bond acceptors (Lipinski definition) is 4. The van der Waals surface area contributed by atoms with Gasteiger partial charge < -0.3 is 9.64 Å². The van der Waals surface area contributed by atoms with E-state index in [0.29, 0.717) is 5.92 Å². The van der Waals surface area contributed by atoms with Crippen molar-refractivity contribution in [3.63, 3.8) is 0 Å². The average molecular weight is 243 g/mol. The molecule has 98 valence electrons. The number of likely N-dealkylation sites (tertiary alicyclic amines) is 1. The van der Waals surface area contributed by atoms with Crippen molar-refractivity contribution in [1.82, 2.24) is 4.90 Å². The first-order chi connectivity index (χ1) is 7.84. The molecule has 0 aromatic carbocycles. The molecule has 1 saturated heterocycles. The lowest BCUT2D eigenvalue weighted by molar-refractivity contribution is -0.191. The van der Waals surface area contributed by atoms with Crippen LogP contribution < -0.4 is 0 Å². The topological polar surface area (TPSA) is 63.7 Å². The second kappa shape index (κ2) is 7.07. The van der Waals surface area contributed by atoms with E-state index in [1.165, 1.54) is 0 Å². The molecule has 0 aliphatic carbocycles. The summed E-state index contributed by atoms with van der Waals surface area (Å²) in [5.74, 6) is 0.669. The minimum Gasteiger partial charge on any atom is -0.444 e. The van der Waals surface area contributed by atoms with E-state index in [0.717, 1.165) is 25.9 Å². The first kappa shape index (κ1) is 15.7. The lowest BCUT2D eigenvalue weighted by Gasteiger charge is -2.24. The molecule has 0 aromatic rings. The molecule has 0 radical (unpaired) electrons.